The van der Waals surface area contributed by atoms with Crippen molar-refractivity contribution in [2.75, 3.05) is 17.7 Å². The summed E-state index contributed by atoms with van der Waals surface area (Å²) < 4.78 is 4.68. The lowest BCUT2D eigenvalue weighted by Gasteiger charge is -2.20. The predicted octanol–water partition coefficient (Wildman–Crippen LogP) is 4.13. The maximum Gasteiger partial charge on any atom is 0.337 e. The Kier molecular flexibility index (Phi) is 5.84. The van der Waals surface area contributed by atoms with E-state index in [1.165, 1.54) is 13.5 Å². The van der Waals surface area contributed by atoms with Crippen molar-refractivity contribution < 1.29 is 14.3 Å². The molecule has 1 aromatic heterocycles. The van der Waals surface area contributed by atoms with Crippen LogP contribution in [0.4, 0.5) is 17.2 Å². The van der Waals surface area contributed by atoms with Crippen LogP contribution in [0.25, 0.3) is 0 Å². The minimum atomic E-state index is -0.365. The first-order valence-electron chi connectivity index (χ1n) is 8.88. The van der Waals surface area contributed by atoms with Gasteiger partial charge in [0.05, 0.1) is 24.6 Å². The highest BCUT2D eigenvalue weighted by atomic mass is 16.5. The van der Waals surface area contributed by atoms with Crippen molar-refractivity contribution in [1.29, 1.82) is 0 Å². The van der Waals surface area contributed by atoms with Crippen molar-refractivity contribution in [1.82, 2.24) is 4.98 Å². The number of nitrogens with one attached hydrogen (secondary N) is 2. The van der Waals surface area contributed by atoms with Gasteiger partial charge in [0, 0.05) is 11.6 Å². The van der Waals surface area contributed by atoms with E-state index in [0.717, 1.165) is 37.1 Å². The maximum atomic E-state index is 12.3. The molecule has 0 bridgehead atoms. The first-order chi connectivity index (χ1) is 12.7. The summed E-state index contributed by atoms with van der Waals surface area (Å²) in [5.74, 6) is 0.372. The lowest BCUT2D eigenvalue weighted by Crippen LogP contribution is -2.25. The largest absolute Gasteiger partial charge is 0.465 e. The van der Waals surface area contributed by atoms with Crippen molar-refractivity contribution in [2.24, 2.45) is 5.92 Å². The van der Waals surface area contributed by atoms with Gasteiger partial charge in [-0.3, -0.25) is 4.79 Å². The van der Waals surface area contributed by atoms with Crippen LogP contribution in [0.3, 0.4) is 0 Å². The van der Waals surface area contributed by atoms with Crippen LogP contribution in [-0.4, -0.2) is 24.0 Å². The van der Waals surface area contributed by atoms with E-state index in [0.29, 0.717) is 11.4 Å². The van der Waals surface area contributed by atoms with Crippen molar-refractivity contribution in [3.8, 4) is 0 Å². The van der Waals surface area contributed by atoms with E-state index in [1.54, 1.807) is 36.5 Å². The van der Waals surface area contributed by atoms with E-state index < -0.39 is 0 Å². The van der Waals surface area contributed by atoms with Crippen LogP contribution in [0.1, 0.15) is 42.5 Å². The molecule has 3 rings (SSSR count). The van der Waals surface area contributed by atoms with E-state index in [-0.39, 0.29) is 17.8 Å². The summed E-state index contributed by atoms with van der Waals surface area (Å²) in [4.78, 5) is 28.0. The summed E-state index contributed by atoms with van der Waals surface area (Å²) in [6.45, 7) is 0. The fourth-order valence-electron chi connectivity index (χ4n) is 3.11. The van der Waals surface area contributed by atoms with E-state index in [9.17, 15) is 9.59 Å². The van der Waals surface area contributed by atoms with Crippen LogP contribution in [0.15, 0.2) is 42.6 Å². The van der Waals surface area contributed by atoms with Crippen LogP contribution < -0.4 is 10.6 Å². The molecule has 6 heteroatoms. The highest BCUT2D eigenvalue weighted by Gasteiger charge is 2.21. The number of aromatic nitrogens is 1. The zero-order valence-corrected chi connectivity index (χ0v) is 14.8. The van der Waals surface area contributed by atoms with Gasteiger partial charge in [0.2, 0.25) is 5.91 Å². The van der Waals surface area contributed by atoms with Crippen LogP contribution in [0.5, 0.6) is 0 Å². The lowest BCUT2D eigenvalue weighted by atomic mass is 9.89. The van der Waals surface area contributed by atoms with Gasteiger partial charge in [-0.2, -0.15) is 0 Å². The number of ether oxygens (including phenoxy) is 1. The molecule has 1 aliphatic rings. The number of carbonyl (C=O) groups excluding carboxylic acids is 2. The number of rotatable bonds is 5. The number of nitrogens with zero attached hydrogens (tertiary/aromatic N) is 1. The molecule has 2 aromatic rings. The van der Waals surface area contributed by atoms with Gasteiger partial charge < -0.3 is 15.4 Å². The third kappa shape index (κ3) is 4.59. The number of methoxy groups -OCH3 is 1. The minimum Gasteiger partial charge on any atom is -0.465 e. The number of anilines is 3. The molecular weight excluding hydrogens is 330 g/mol. The number of hydrogen-bond acceptors (Lipinski definition) is 5. The smallest absolute Gasteiger partial charge is 0.337 e. The van der Waals surface area contributed by atoms with Crippen molar-refractivity contribution in [3.05, 3.63) is 48.2 Å². The molecular formula is C20H23N3O3. The molecule has 0 atom stereocenters. The third-order valence-corrected chi connectivity index (χ3v) is 4.59. The zero-order chi connectivity index (χ0) is 18.4. The summed E-state index contributed by atoms with van der Waals surface area (Å²) >= 11 is 0. The van der Waals surface area contributed by atoms with Gasteiger partial charge >= 0.3 is 5.97 Å². The molecule has 1 heterocycles. The highest BCUT2D eigenvalue weighted by molar-refractivity contribution is 5.92. The van der Waals surface area contributed by atoms with Gasteiger partial charge in [0.1, 0.15) is 5.82 Å². The Hall–Kier alpha value is -2.89. The second-order valence-corrected chi connectivity index (χ2v) is 6.45. The summed E-state index contributed by atoms with van der Waals surface area (Å²) in [6.07, 6.45) is 7.08. The number of benzene rings is 1. The Morgan fingerprint density at radius 2 is 1.69 bits per heavy atom. The number of carbonyl (C=O) groups is 2. The summed E-state index contributed by atoms with van der Waals surface area (Å²) in [6, 6.07) is 10.6. The third-order valence-electron chi connectivity index (χ3n) is 4.59. The van der Waals surface area contributed by atoms with Crippen LogP contribution >= 0.6 is 0 Å². The first kappa shape index (κ1) is 17.9. The SMILES string of the molecule is COC(=O)c1ccc(Nc2ccc(NC(=O)C3CCCCC3)nc2)cc1. The van der Waals surface area contributed by atoms with Gasteiger partial charge in [-0.05, 0) is 49.2 Å². The molecule has 1 aromatic carbocycles. The number of pyridine rings is 1. The van der Waals surface area contributed by atoms with Gasteiger partial charge in [-0.25, -0.2) is 9.78 Å². The zero-order valence-electron chi connectivity index (χ0n) is 14.8. The van der Waals surface area contributed by atoms with Gasteiger partial charge in [-0.1, -0.05) is 19.3 Å². The Labute approximate surface area is 153 Å². The second-order valence-electron chi connectivity index (χ2n) is 6.45. The average Bonchev–Trinajstić information content (AvgIpc) is 2.70. The molecule has 1 fully saturated rings. The molecule has 1 aliphatic carbocycles. The van der Waals surface area contributed by atoms with E-state index in [4.69, 9.17) is 0 Å². The van der Waals surface area contributed by atoms with Crippen molar-refractivity contribution in [2.45, 2.75) is 32.1 Å². The molecule has 6 nitrogen and oxygen atoms in total. The molecule has 0 aliphatic heterocycles. The van der Waals surface area contributed by atoms with Crippen LogP contribution in [0, 0.1) is 5.92 Å². The lowest BCUT2D eigenvalue weighted by molar-refractivity contribution is -0.120. The minimum absolute atomic E-state index is 0.0660. The van der Waals surface area contributed by atoms with E-state index in [1.807, 2.05) is 6.07 Å². The number of amides is 1. The average molecular weight is 353 g/mol. The molecule has 0 radical (unpaired) electrons. The molecule has 136 valence electrons. The Balaban J connectivity index is 1.57. The normalized spacial score (nSPS) is 14.5. The second kappa shape index (κ2) is 8.47. The van der Waals surface area contributed by atoms with Crippen molar-refractivity contribution >= 4 is 29.1 Å². The predicted molar refractivity (Wildman–Crippen MR) is 101 cm³/mol. The fourth-order valence-corrected chi connectivity index (χ4v) is 3.11. The maximum absolute atomic E-state index is 12.3. The quantitative estimate of drug-likeness (QED) is 0.790. The molecule has 1 saturated carbocycles. The standard InChI is InChI=1S/C20H23N3O3/c1-26-20(25)15-7-9-16(10-8-15)22-17-11-12-18(21-13-17)23-19(24)14-5-3-2-4-6-14/h7-14,22H,2-6H2,1H3,(H,21,23,24). The van der Waals surface area contributed by atoms with Crippen LogP contribution in [0.2, 0.25) is 0 Å². The van der Waals surface area contributed by atoms with Crippen LogP contribution in [-0.2, 0) is 9.53 Å². The molecule has 0 saturated heterocycles. The molecule has 2 N–H and O–H groups in total. The first-order valence-corrected chi connectivity index (χ1v) is 8.88. The molecule has 1 amide bonds. The van der Waals surface area contributed by atoms with E-state index in [2.05, 4.69) is 20.4 Å². The number of hydrogen-bond donors (Lipinski definition) is 2. The number of esters is 1. The topological polar surface area (TPSA) is 80.3 Å². The summed E-state index contributed by atoms with van der Waals surface area (Å²) in [7, 11) is 1.36. The van der Waals surface area contributed by atoms with Crippen molar-refractivity contribution in [3.63, 3.8) is 0 Å². The van der Waals surface area contributed by atoms with Gasteiger partial charge in [0.25, 0.3) is 0 Å². The monoisotopic (exact) mass is 353 g/mol. The fraction of sp³-hybridized carbons (Fsp3) is 0.350. The van der Waals surface area contributed by atoms with Gasteiger partial charge in [-0.15, -0.1) is 0 Å². The summed E-state index contributed by atoms with van der Waals surface area (Å²) in [5.41, 5.74) is 2.13. The molecule has 0 spiro atoms. The summed E-state index contributed by atoms with van der Waals surface area (Å²) in [5, 5.41) is 6.10. The Morgan fingerprint density at radius 3 is 2.31 bits per heavy atom. The molecule has 26 heavy (non-hydrogen) atoms. The van der Waals surface area contributed by atoms with Gasteiger partial charge in [0.15, 0.2) is 0 Å². The Bertz CT molecular complexity index is 751. The molecule has 0 unspecified atom stereocenters. The highest BCUT2D eigenvalue weighted by Crippen LogP contribution is 2.25. The Morgan fingerprint density at radius 1 is 1.00 bits per heavy atom. The van der Waals surface area contributed by atoms with E-state index >= 15 is 0 Å².